The summed E-state index contributed by atoms with van der Waals surface area (Å²) in [5, 5.41) is 3.75. The van der Waals surface area contributed by atoms with Gasteiger partial charge in [-0.25, -0.2) is 22.0 Å². The Morgan fingerprint density at radius 2 is 1.44 bits per heavy atom. The average Bonchev–Trinajstić information content (AvgIpc) is 2.37. The molecule has 0 amide bonds. The number of hydrogen-bond acceptors (Lipinski definition) is 2. The first kappa shape index (κ1) is 14.9. The van der Waals surface area contributed by atoms with Gasteiger partial charge in [-0.05, 0) is 6.92 Å². The van der Waals surface area contributed by atoms with Gasteiger partial charge in [-0.15, -0.1) is 0 Å². The fourth-order valence-corrected chi connectivity index (χ4v) is 1.11. The van der Waals surface area contributed by atoms with Crippen molar-refractivity contribution in [3.8, 4) is 0 Å². The molecule has 0 aliphatic rings. The fraction of sp³-hybridized carbons (Fsp3) is 0.300. The lowest BCUT2D eigenvalue weighted by molar-refractivity contribution is 0.122. The summed E-state index contributed by atoms with van der Waals surface area (Å²) in [4.78, 5) is 4.51. The Kier molecular flexibility index (Phi) is 5.06. The molecule has 0 aliphatic carbocycles. The SMILES string of the molecule is C/C(CBr)=N/OCc1c(F)c(F)c(F)c(F)c1F. The number of hydrogen-bond donors (Lipinski definition) is 0. The van der Waals surface area contributed by atoms with Crippen LogP contribution in [0.25, 0.3) is 0 Å². The van der Waals surface area contributed by atoms with Crippen molar-refractivity contribution in [1.29, 1.82) is 0 Å². The molecule has 0 radical (unpaired) electrons. The third-order valence-electron chi connectivity index (χ3n) is 1.92. The van der Waals surface area contributed by atoms with E-state index in [0.717, 1.165) is 0 Å². The number of rotatable bonds is 4. The molecule has 18 heavy (non-hydrogen) atoms. The topological polar surface area (TPSA) is 21.6 Å². The molecule has 100 valence electrons. The van der Waals surface area contributed by atoms with Gasteiger partial charge in [0.1, 0.15) is 6.61 Å². The molecule has 0 atom stereocenters. The number of benzene rings is 1. The molecule has 0 bridgehead atoms. The van der Waals surface area contributed by atoms with Crippen molar-refractivity contribution >= 4 is 21.6 Å². The molecule has 0 N–H and O–H groups in total. The molecule has 8 heteroatoms. The van der Waals surface area contributed by atoms with Crippen molar-refractivity contribution in [2.24, 2.45) is 5.16 Å². The summed E-state index contributed by atoms with van der Waals surface area (Å²) in [6.45, 7) is 0.698. The highest BCUT2D eigenvalue weighted by Gasteiger charge is 2.25. The van der Waals surface area contributed by atoms with Gasteiger partial charge in [-0.2, -0.15) is 0 Å². The lowest BCUT2D eigenvalue weighted by Gasteiger charge is -2.07. The minimum atomic E-state index is -2.20. The Morgan fingerprint density at radius 1 is 1.00 bits per heavy atom. The summed E-state index contributed by atoms with van der Waals surface area (Å²) in [6, 6.07) is 0. The molecule has 0 aliphatic heterocycles. The first-order valence-electron chi connectivity index (χ1n) is 4.61. The highest BCUT2D eigenvalue weighted by atomic mass is 79.9. The summed E-state index contributed by atoms with van der Waals surface area (Å²) in [6.07, 6.45) is 0. The van der Waals surface area contributed by atoms with E-state index in [-0.39, 0.29) is 0 Å². The maximum atomic E-state index is 13.2. The van der Waals surface area contributed by atoms with E-state index in [1.54, 1.807) is 6.92 Å². The summed E-state index contributed by atoms with van der Waals surface area (Å²) in [7, 11) is 0. The Balaban J connectivity index is 3.03. The van der Waals surface area contributed by atoms with Gasteiger partial charge in [0.2, 0.25) is 5.82 Å². The standard InChI is InChI=1S/C10H7BrF5NO/c1-4(2-11)17-18-3-5-6(12)8(14)10(16)9(15)7(5)13/h2-3H2,1H3/b17-4-. The minimum Gasteiger partial charge on any atom is -0.391 e. The molecule has 0 fully saturated rings. The van der Waals surface area contributed by atoms with Crippen LogP contribution in [0.15, 0.2) is 5.16 Å². The highest BCUT2D eigenvalue weighted by molar-refractivity contribution is 9.09. The second-order valence-electron chi connectivity index (χ2n) is 3.28. The summed E-state index contributed by atoms with van der Waals surface area (Å²) in [5.41, 5.74) is -0.614. The molecule has 1 aromatic rings. The number of oxime groups is 1. The molecular formula is C10H7BrF5NO. The van der Waals surface area contributed by atoms with Gasteiger partial charge in [0.05, 0.1) is 11.3 Å². The first-order chi connectivity index (χ1) is 8.40. The van der Waals surface area contributed by atoms with Crippen molar-refractivity contribution < 1.29 is 26.8 Å². The maximum absolute atomic E-state index is 13.2. The first-order valence-corrected chi connectivity index (χ1v) is 5.74. The van der Waals surface area contributed by atoms with Crippen LogP contribution in [0.1, 0.15) is 12.5 Å². The van der Waals surface area contributed by atoms with Gasteiger partial charge in [0.15, 0.2) is 23.3 Å². The molecule has 1 aromatic carbocycles. The van der Waals surface area contributed by atoms with Crippen LogP contribution < -0.4 is 0 Å². The van der Waals surface area contributed by atoms with Crippen LogP contribution in [-0.4, -0.2) is 11.0 Å². The zero-order valence-corrected chi connectivity index (χ0v) is 10.6. The molecule has 1 rings (SSSR count). The maximum Gasteiger partial charge on any atom is 0.200 e. The number of alkyl halides is 1. The third-order valence-corrected chi connectivity index (χ3v) is 2.73. The van der Waals surface area contributed by atoms with Crippen LogP contribution in [0.3, 0.4) is 0 Å². The molecule has 0 spiro atoms. The van der Waals surface area contributed by atoms with Crippen LogP contribution in [0.5, 0.6) is 0 Å². The molecule has 0 aromatic heterocycles. The van der Waals surface area contributed by atoms with Crippen molar-refractivity contribution in [3.63, 3.8) is 0 Å². The Morgan fingerprint density at radius 3 is 1.89 bits per heavy atom. The predicted molar refractivity (Wildman–Crippen MR) is 57.9 cm³/mol. The van der Waals surface area contributed by atoms with Crippen LogP contribution in [0, 0.1) is 29.1 Å². The quantitative estimate of drug-likeness (QED) is 0.206. The van der Waals surface area contributed by atoms with E-state index in [4.69, 9.17) is 0 Å². The van der Waals surface area contributed by atoms with E-state index in [9.17, 15) is 22.0 Å². The normalized spacial score (nSPS) is 11.8. The van der Waals surface area contributed by atoms with Gasteiger partial charge in [-0.1, -0.05) is 21.1 Å². The Labute approximate surface area is 108 Å². The molecule has 0 unspecified atom stereocenters. The zero-order chi connectivity index (χ0) is 13.9. The molecule has 0 saturated heterocycles. The van der Waals surface area contributed by atoms with E-state index in [0.29, 0.717) is 11.0 Å². The van der Waals surface area contributed by atoms with Gasteiger partial charge in [0, 0.05) is 5.33 Å². The highest BCUT2D eigenvalue weighted by Crippen LogP contribution is 2.23. The van der Waals surface area contributed by atoms with E-state index in [2.05, 4.69) is 25.9 Å². The van der Waals surface area contributed by atoms with Crippen molar-refractivity contribution in [1.82, 2.24) is 0 Å². The van der Waals surface area contributed by atoms with Crippen LogP contribution in [0.4, 0.5) is 22.0 Å². The average molecular weight is 332 g/mol. The van der Waals surface area contributed by atoms with Crippen LogP contribution in [-0.2, 0) is 11.4 Å². The zero-order valence-electron chi connectivity index (χ0n) is 9.04. The second kappa shape index (κ2) is 6.12. The lowest BCUT2D eigenvalue weighted by atomic mass is 10.2. The van der Waals surface area contributed by atoms with Crippen LogP contribution in [0.2, 0.25) is 0 Å². The Bertz CT molecular complexity index is 463. The van der Waals surface area contributed by atoms with Gasteiger partial charge >= 0.3 is 0 Å². The van der Waals surface area contributed by atoms with Gasteiger partial charge in [0.25, 0.3) is 0 Å². The summed E-state index contributed by atoms with van der Waals surface area (Å²) in [5.74, 6) is -10.0. The van der Waals surface area contributed by atoms with E-state index in [1.807, 2.05) is 0 Å². The monoisotopic (exact) mass is 331 g/mol. The Hall–Kier alpha value is -1.18. The number of nitrogens with zero attached hydrogens (tertiary/aromatic N) is 1. The fourth-order valence-electron chi connectivity index (χ4n) is 1.01. The molecule has 0 heterocycles. The van der Waals surface area contributed by atoms with Crippen molar-refractivity contribution in [3.05, 3.63) is 34.6 Å². The van der Waals surface area contributed by atoms with Gasteiger partial charge in [-0.3, -0.25) is 0 Å². The smallest absolute Gasteiger partial charge is 0.200 e. The predicted octanol–water partition coefficient (Wildman–Crippen LogP) is 3.67. The van der Waals surface area contributed by atoms with Crippen LogP contribution >= 0.6 is 15.9 Å². The number of halogens is 6. The molecule has 0 saturated carbocycles. The summed E-state index contributed by atoms with van der Waals surface area (Å²) < 4.78 is 64.6. The minimum absolute atomic E-state index is 0.351. The largest absolute Gasteiger partial charge is 0.391 e. The van der Waals surface area contributed by atoms with Gasteiger partial charge < -0.3 is 4.84 Å². The summed E-state index contributed by atoms with van der Waals surface area (Å²) >= 11 is 3.03. The molecule has 2 nitrogen and oxygen atoms in total. The van der Waals surface area contributed by atoms with Crippen molar-refractivity contribution in [2.75, 3.05) is 5.33 Å². The van der Waals surface area contributed by atoms with E-state index >= 15 is 0 Å². The van der Waals surface area contributed by atoms with Crippen molar-refractivity contribution in [2.45, 2.75) is 13.5 Å². The lowest BCUT2D eigenvalue weighted by Crippen LogP contribution is -2.08. The second-order valence-corrected chi connectivity index (χ2v) is 3.84. The van der Waals surface area contributed by atoms with E-state index in [1.165, 1.54) is 0 Å². The third kappa shape index (κ3) is 2.98. The molecular weight excluding hydrogens is 325 g/mol. The van der Waals surface area contributed by atoms with E-state index < -0.39 is 41.3 Å².